The first-order valence-corrected chi connectivity index (χ1v) is 14.0. The third-order valence-electron chi connectivity index (χ3n) is 5.49. The van der Waals surface area contributed by atoms with Gasteiger partial charge < -0.3 is 0 Å². The van der Waals surface area contributed by atoms with E-state index in [0.717, 1.165) is 5.75 Å². The molecule has 3 heterocycles. The van der Waals surface area contributed by atoms with Gasteiger partial charge >= 0.3 is 0 Å². The number of unbranched alkanes of at least 4 members (excludes halogenated alkanes) is 7. The smallest absolute Gasteiger partial charge is 0.0546 e. The highest BCUT2D eigenvalue weighted by molar-refractivity contribution is 7.80. The van der Waals surface area contributed by atoms with Crippen LogP contribution in [0, 0.1) is 0 Å². The fraction of sp³-hybridized carbons (Fsp3) is 1.00. The zero-order chi connectivity index (χ0) is 13.4. The molecule has 0 nitrogen and oxygen atoms in total. The van der Waals surface area contributed by atoms with Crippen LogP contribution in [0.25, 0.3) is 0 Å². The number of thiol groups is 1. The molecule has 3 saturated heterocycles. The lowest BCUT2D eigenvalue weighted by atomic mass is 10.1. The van der Waals surface area contributed by atoms with E-state index in [9.17, 15) is 0 Å². The Morgan fingerprint density at radius 2 is 1.16 bits per heavy atom. The fourth-order valence-electron chi connectivity index (χ4n) is 3.94. The molecule has 3 fully saturated rings. The molecule has 3 rings (SSSR count). The van der Waals surface area contributed by atoms with Gasteiger partial charge in [0.05, 0.1) is 8.07 Å². The molecule has 0 aliphatic carbocycles. The molecule has 0 atom stereocenters. The molecule has 0 aromatic carbocycles. The van der Waals surface area contributed by atoms with Crippen LogP contribution in [0.5, 0.6) is 0 Å². The van der Waals surface area contributed by atoms with Gasteiger partial charge in [-0.05, 0) is 30.7 Å². The van der Waals surface area contributed by atoms with Crippen molar-refractivity contribution >= 4 is 28.6 Å². The molecule has 0 unspecified atom stereocenters. The van der Waals surface area contributed by atoms with Crippen molar-refractivity contribution in [1.82, 2.24) is 0 Å². The predicted octanol–water partition coefficient (Wildman–Crippen LogP) is 5.99. The molecule has 3 aliphatic rings. The monoisotopic (exact) mass is 316 g/mol. The van der Waals surface area contributed by atoms with Crippen LogP contribution in [-0.2, 0) is 0 Å². The first-order chi connectivity index (χ1) is 9.35. The summed E-state index contributed by atoms with van der Waals surface area (Å²) in [5.41, 5.74) is 0. The Morgan fingerprint density at radius 3 is 1.68 bits per heavy atom. The third-order valence-corrected chi connectivity index (χ3v) is 15.0. The molecule has 0 aromatic rings. The second-order valence-electron chi connectivity index (χ2n) is 6.89. The maximum absolute atomic E-state index is 4.27. The van der Waals surface area contributed by atoms with Crippen molar-refractivity contribution < 1.29 is 0 Å². The van der Waals surface area contributed by atoms with Crippen molar-refractivity contribution in [1.29, 1.82) is 0 Å². The van der Waals surface area contributed by atoms with Crippen molar-refractivity contribution in [2.45, 2.75) is 75.5 Å². The summed E-state index contributed by atoms with van der Waals surface area (Å²) in [5.74, 6) is 1.08. The van der Waals surface area contributed by atoms with E-state index in [1.807, 2.05) is 0 Å². The second-order valence-corrected chi connectivity index (χ2v) is 15.0. The van der Waals surface area contributed by atoms with E-state index in [2.05, 4.69) is 12.6 Å². The highest BCUT2D eigenvalue weighted by Crippen LogP contribution is 2.54. The average molecular weight is 317 g/mol. The summed E-state index contributed by atoms with van der Waals surface area (Å²) in [5, 5.41) is 0. The van der Waals surface area contributed by atoms with Gasteiger partial charge in [-0.3, -0.25) is 0 Å². The van der Waals surface area contributed by atoms with Crippen molar-refractivity contribution in [2.24, 2.45) is 0 Å². The van der Waals surface area contributed by atoms with Crippen molar-refractivity contribution in [3.8, 4) is 0 Å². The van der Waals surface area contributed by atoms with Crippen molar-refractivity contribution in [3.05, 3.63) is 0 Å². The highest BCUT2D eigenvalue weighted by Gasteiger charge is 2.40. The molecule has 3 heteroatoms. The third kappa shape index (κ3) is 5.71. The molecule has 112 valence electrons. The molecule has 3 aliphatic heterocycles. The Hall–Kier alpha value is 0.997. The number of hydrogen-bond donors (Lipinski definition) is 1. The van der Waals surface area contributed by atoms with Gasteiger partial charge in [-0.15, -0.1) is 7.92 Å². The van der Waals surface area contributed by atoms with E-state index in [-0.39, 0.29) is 0 Å². The van der Waals surface area contributed by atoms with E-state index >= 15 is 0 Å². The molecule has 0 radical (unpaired) electrons. The van der Waals surface area contributed by atoms with Crippen molar-refractivity contribution in [3.63, 3.8) is 0 Å². The van der Waals surface area contributed by atoms with E-state index < -0.39 is 8.07 Å². The van der Waals surface area contributed by atoms with E-state index in [4.69, 9.17) is 0 Å². The first-order valence-electron chi connectivity index (χ1n) is 8.68. The minimum Gasteiger partial charge on any atom is -0.179 e. The lowest BCUT2D eigenvalue weighted by Crippen LogP contribution is -2.43. The van der Waals surface area contributed by atoms with Crippen LogP contribution in [0.2, 0.25) is 24.2 Å². The Bertz CT molecular complexity index is 225. The normalized spacial score (nSPS) is 29.8. The van der Waals surface area contributed by atoms with E-state index in [1.165, 1.54) is 44.9 Å². The maximum atomic E-state index is 4.27. The van der Waals surface area contributed by atoms with Crippen LogP contribution in [0.3, 0.4) is 0 Å². The van der Waals surface area contributed by atoms with Crippen LogP contribution in [-0.4, -0.2) is 32.3 Å². The van der Waals surface area contributed by atoms with Crippen LogP contribution >= 0.6 is 20.6 Å². The molecule has 0 spiro atoms. The second kappa shape index (κ2) is 9.10. The molecule has 19 heavy (non-hydrogen) atoms. The van der Waals surface area contributed by atoms with Gasteiger partial charge in [-0.25, -0.2) is 0 Å². The fourth-order valence-corrected chi connectivity index (χ4v) is 16.8. The quantitative estimate of drug-likeness (QED) is 0.217. The number of fused-ring (bicyclic) bond motifs is 3. The Kier molecular flexibility index (Phi) is 7.84. The lowest BCUT2D eigenvalue weighted by Gasteiger charge is -2.45. The maximum Gasteiger partial charge on any atom is 0.0546 e. The SMILES string of the molecule is SCCCCCCCCCC[Si]12CCP(CC1)CC2. The van der Waals surface area contributed by atoms with Crippen LogP contribution in [0.4, 0.5) is 0 Å². The molecular weight excluding hydrogens is 283 g/mol. The molecular formula is C16H33PSSi. The summed E-state index contributed by atoms with van der Waals surface area (Å²) in [7, 11) is -0.107. The minimum atomic E-state index is -0.669. The Labute approximate surface area is 128 Å². The molecule has 0 aromatic heterocycles. The van der Waals surface area contributed by atoms with Gasteiger partial charge in [-0.2, -0.15) is 12.6 Å². The summed E-state index contributed by atoms with van der Waals surface area (Å²) < 4.78 is 0. The largest absolute Gasteiger partial charge is 0.179 e. The summed E-state index contributed by atoms with van der Waals surface area (Å²) in [6.07, 6.45) is 16.8. The molecule has 2 bridgehead atoms. The topological polar surface area (TPSA) is 0 Å². The summed E-state index contributed by atoms with van der Waals surface area (Å²) in [6, 6.07) is 6.92. The van der Waals surface area contributed by atoms with Gasteiger partial charge in [0.2, 0.25) is 0 Å². The molecule has 0 amide bonds. The highest BCUT2D eigenvalue weighted by atomic mass is 32.1. The summed E-state index contributed by atoms with van der Waals surface area (Å²) in [6.45, 7) is 0. The zero-order valence-electron chi connectivity index (χ0n) is 12.7. The number of rotatable bonds is 10. The van der Waals surface area contributed by atoms with Gasteiger partial charge in [0, 0.05) is 0 Å². The van der Waals surface area contributed by atoms with Gasteiger partial charge in [0.1, 0.15) is 0 Å². The average Bonchev–Trinajstić information content (AvgIpc) is 2.47. The minimum absolute atomic E-state index is 0.562. The standard InChI is InChI=1S/C16H33PSSi/c18-12-7-5-3-1-2-4-6-8-13-19-14-9-17(10-15-19)11-16-19/h18H,1-16H2. The van der Waals surface area contributed by atoms with Crippen LogP contribution in [0.1, 0.15) is 51.4 Å². The zero-order valence-corrected chi connectivity index (χ0v) is 15.5. The van der Waals surface area contributed by atoms with E-state index in [0.29, 0.717) is 7.92 Å². The van der Waals surface area contributed by atoms with E-state index in [1.54, 1.807) is 49.1 Å². The summed E-state index contributed by atoms with van der Waals surface area (Å²) in [4.78, 5) is 0. The van der Waals surface area contributed by atoms with Crippen LogP contribution in [0.15, 0.2) is 0 Å². The predicted molar refractivity (Wildman–Crippen MR) is 97.3 cm³/mol. The molecule has 0 N–H and O–H groups in total. The van der Waals surface area contributed by atoms with Gasteiger partial charge in [0.15, 0.2) is 0 Å². The van der Waals surface area contributed by atoms with Gasteiger partial charge in [0.25, 0.3) is 0 Å². The summed E-state index contributed by atoms with van der Waals surface area (Å²) >= 11 is 4.27. The Balaban J connectivity index is 1.43. The Morgan fingerprint density at radius 1 is 0.684 bits per heavy atom. The van der Waals surface area contributed by atoms with Crippen LogP contribution < -0.4 is 0 Å². The first kappa shape index (κ1) is 16.4. The number of hydrogen-bond acceptors (Lipinski definition) is 1. The lowest BCUT2D eigenvalue weighted by molar-refractivity contribution is 0.584. The van der Waals surface area contributed by atoms with Crippen molar-refractivity contribution in [2.75, 3.05) is 24.2 Å². The van der Waals surface area contributed by atoms with Gasteiger partial charge in [-0.1, -0.05) is 69.1 Å². The molecule has 0 saturated carbocycles.